The lowest BCUT2D eigenvalue weighted by Gasteiger charge is -2.34. The van der Waals surface area contributed by atoms with Gasteiger partial charge in [-0.3, -0.25) is 13.9 Å². The van der Waals surface area contributed by atoms with Gasteiger partial charge >= 0.3 is 0 Å². The van der Waals surface area contributed by atoms with Crippen molar-refractivity contribution in [2.45, 2.75) is 69.5 Å². The number of nitrogens with zero attached hydrogens (tertiary/aromatic N) is 2. The predicted molar refractivity (Wildman–Crippen MR) is 167 cm³/mol. The van der Waals surface area contributed by atoms with E-state index in [2.05, 4.69) is 5.32 Å². The molecule has 1 fully saturated rings. The van der Waals surface area contributed by atoms with E-state index < -0.39 is 34.3 Å². The molecule has 1 N–H and O–H groups in total. The molecular weight excluding hydrogens is 585 g/mol. The number of sulfonamides is 1. The number of anilines is 1. The highest BCUT2D eigenvalue weighted by atomic mass is 32.2. The van der Waals surface area contributed by atoms with E-state index in [4.69, 9.17) is 9.47 Å². The largest absolute Gasteiger partial charge is 0.493 e. The smallest absolute Gasteiger partial charge is 0.264 e. The summed E-state index contributed by atoms with van der Waals surface area (Å²) < 4.78 is 53.7. The molecule has 0 aromatic heterocycles. The number of benzene rings is 3. The third-order valence-corrected chi connectivity index (χ3v) is 9.68. The minimum atomic E-state index is -4.25. The number of carbonyl (C=O) groups excluding carboxylic acids is 2. The second-order valence-electron chi connectivity index (χ2n) is 10.9. The van der Waals surface area contributed by atoms with Crippen LogP contribution in [0.5, 0.6) is 11.5 Å². The topological polar surface area (TPSA) is 105 Å². The quantitative estimate of drug-likeness (QED) is 0.280. The van der Waals surface area contributed by atoms with E-state index in [1.165, 1.54) is 55.5 Å². The second-order valence-corrected chi connectivity index (χ2v) is 12.8. The van der Waals surface area contributed by atoms with Gasteiger partial charge in [0.2, 0.25) is 11.8 Å². The van der Waals surface area contributed by atoms with Gasteiger partial charge in [-0.1, -0.05) is 49.6 Å². The molecule has 0 aliphatic heterocycles. The van der Waals surface area contributed by atoms with E-state index in [9.17, 15) is 22.4 Å². The van der Waals surface area contributed by atoms with Crippen molar-refractivity contribution in [1.82, 2.24) is 10.2 Å². The first-order valence-electron chi connectivity index (χ1n) is 14.7. The van der Waals surface area contributed by atoms with Gasteiger partial charge < -0.3 is 19.7 Å². The number of ether oxygens (including phenoxy) is 2. The predicted octanol–water partition coefficient (Wildman–Crippen LogP) is 5.21. The van der Waals surface area contributed by atoms with Crippen LogP contribution >= 0.6 is 0 Å². The van der Waals surface area contributed by atoms with Crippen molar-refractivity contribution in [3.8, 4) is 11.5 Å². The van der Waals surface area contributed by atoms with Crippen molar-refractivity contribution >= 4 is 27.5 Å². The van der Waals surface area contributed by atoms with E-state index in [1.54, 1.807) is 37.3 Å². The summed E-state index contributed by atoms with van der Waals surface area (Å²) in [5.41, 5.74) is 1.66. The maximum atomic E-state index is 14.3. The molecule has 0 saturated heterocycles. The van der Waals surface area contributed by atoms with Gasteiger partial charge in [0, 0.05) is 18.7 Å². The van der Waals surface area contributed by atoms with Crippen LogP contribution < -0.4 is 19.1 Å². The van der Waals surface area contributed by atoms with Gasteiger partial charge in [-0.2, -0.15) is 0 Å². The Morgan fingerprint density at radius 3 is 2.18 bits per heavy atom. The van der Waals surface area contributed by atoms with Gasteiger partial charge in [0.1, 0.15) is 18.4 Å². The fourth-order valence-electron chi connectivity index (χ4n) is 5.42. The molecule has 1 aliphatic carbocycles. The van der Waals surface area contributed by atoms with Crippen LogP contribution in [-0.4, -0.2) is 58.0 Å². The van der Waals surface area contributed by atoms with Crippen molar-refractivity contribution < 1.29 is 31.9 Å². The fraction of sp³-hybridized carbons (Fsp3) is 0.394. The van der Waals surface area contributed by atoms with Crippen molar-refractivity contribution in [2.24, 2.45) is 0 Å². The third kappa shape index (κ3) is 7.68. The highest BCUT2D eigenvalue weighted by Crippen LogP contribution is 2.34. The maximum absolute atomic E-state index is 14.3. The Balaban J connectivity index is 1.75. The third-order valence-electron chi connectivity index (χ3n) is 7.90. The average Bonchev–Trinajstić information content (AvgIpc) is 3.53. The van der Waals surface area contributed by atoms with Crippen molar-refractivity contribution in [3.63, 3.8) is 0 Å². The zero-order valence-electron chi connectivity index (χ0n) is 25.6. The van der Waals surface area contributed by atoms with Gasteiger partial charge in [0.25, 0.3) is 10.0 Å². The molecule has 0 bridgehead atoms. The minimum Gasteiger partial charge on any atom is -0.493 e. The van der Waals surface area contributed by atoms with E-state index in [1.807, 2.05) is 6.92 Å². The normalized spacial score (nSPS) is 14.1. The van der Waals surface area contributed by atoms with E-state index in [0.29, 0.717) is 17.7 Å². The van der Waals surface area contributed by atoms with Crippen LogP contribution in [0.1, 0.15) is 50.2 Å². The molecule has 0 heterocycles. The van der Waals surface area contributed by atoms with Crippen LogP contribution in [0.3, 0.4) is 0 Å². The lowest BCUT2D eigenvalue weighted by Crippen LogP contribution is -2.53. The first kappa shape index (κ1) is 32.8. The standard InChI is InChI=1S/C33H40FN3O6S/c1-5-29(33(39)35-26-8-6-7-9-26)36(21-24-12-14-25(34)15-13-24)32(38)22-37(27-16-19-30(42-3)31(20-27)43-4)44(40,41)28-17-10-23(2)11-18-28/h10-20,26,29H,5-9,21-22H2,1-4H3,(H,35,39)/t29-/m1/s1. The van der Waals surface area contributed by atoms with Crippen molar-refractivity contribution in [2.75, 3.05) is 25.1 Å². The molecule has 1 aliphatic rings. The first-order valence-corrected chi connectivity index (χ1v) is 16.2. The second kappa shape index (κ2) is 14.6. The molecule has 236 valence electrons. The van der Waals surface area contributed by atoms with Crippen LogP contribution in [0.2, 0.25) is 0 Å². The Morgan fingerprint density at radius 2 is 1.59 bits per heavy atom. The average molecular weight is 626 g/mol. The Kier molecular flexibility index (Phi) is 10.9. The molecule has 11 heteroatoms. The summed E-state index contributed by atoms with van der Waals surface area (Å²) >= 11 is 0. The highest BCUT2D eigenvalue weighted by molar-refractivity contribution is 7.92. The van der Waals surface area contributed by atoms with Gasteiger partial charge in [0.05, 0.1) is 24.8 Å². The maximum Gasteiger partial charge on any atom is 0.264 e. The summed E-state index contributed by atoms with van der Waals surface area (Å²) in [4.78, 5) is 29.2. The number of aryl methyl sites for hydroxylation is 1. The van der Waals surface area contributed by atoms with Gasteiger partial charge in [-0.25, -0.2) is 12.8 Å². The number of methoxy groups -OCH3 is 2. The summed E-state index contributed by atoms with van der Waals surface area (Å²) in [7, 11) is -1.35. The Hall–Kier alpha value is -4.12. The van der Waals surface area contributed by atoms with E-state index in [-0.39, 0.29) is 34.8 Å². The zero-order chi connectivity index (χ0) is 31.9. The van der Waals surface area contributed by atoms with Crippen LogP contribution in [0.25, 0.3) is 0 Å². The fourth-order valence-corrected chi connectivity index (χ4v) is 6.83. The van der Waals surface area contributed by atoms with Crippen molar-refractivity contribution in [3.05, 3.63) is 83.7 Å². The Bertz CT molecular complexity index is 1540. The van der Waals surface area contributed by atoms with Gasteiger partial charge in [-0.15, -0.1) is 0 Å². The van der Waals surface area contributed by atoms with Gasteiger partial charge in [0.15, 0.2) is 11.5 Å². The van der Waals surface area contributed by atoms with E-state index >= 15 is 0 Å². The molecule has 3 aromatic carbocycles. The number of hydrogen-bond acceptors (Lipinski definition) is 6. The summed E-state index contributed by atoms with van der Waals surface area (Å²) in [6.45, 7) is 3.04. The summed E-state index contributed by atoms with van der Waals surface area (Å²) in [6.07, 6.45) is 4.09. The summed E-state index contributed by atoms with van der Waals surface area (Å²) in [5, 5.41) is 3.08. The lowest BCUT2D eigenvalue weighted by atomic mass is 10.1. The number of carbonyl (C=O) groups is 2. The highest BCUT2D eigenvalue weighted by Gasteiger charge is 2.35. The monoisotopic (exact) mass is 625 g/mol. The molecule has 2 amide bonds. The Labute approximate surface area is 259 Å². The van der Waals surface area contributed by atoms with Crippen molar-refractivity contribution in [1.29, 1.82) is 0 Å². The first-order chi connectivity index (χ1) is 21.1. The SMILES string of the molecule is CC[C@H](C(=O)NC1CCCC1)N(Cc1ccc(F)cc1)C(=O)CN(c1ccc(OC)c(OC)c1)S(=O)(=O)c1ccc(C)cc1. The van der Waals surface area contributed by atoms with Crippen LogP contribution in [-0.2, 0) is 26.2 Å². The number of rotatable bonds is 13. The molecular formula is C33H40FN3O6S. The van der Waals surface area contributed by atoms with Crippen LogP contribution in [0.4, 0.5) is 10.1 Å². The molecule has 0 spiro atoms. The molecule has 0 unspecified atom stereocenters. The van der Waals surface area contributed by atoms with E-state index in [0.717, 1.165) is 35.6 Å². The molecule has 3 aromatic rings. The lowest BCUT2D eigenvalue weighted by molar-refractivity contribution is -0.140. The minimum absolute atomic E-state index is 0.00166. The molecule has 9 nitrogen and oxygen atoms in total. The number of nitrogens with one attached hydrogen (secondary N) is 1. The molecule has 1 atom stereocenters. The Morgan fingerprint density at radius 1 is 0.955 bits per heavy atom. The molecule has 4 rings (SSSR count). The van der Waals surface area contributed by atoms with Crippen LogP contribution in [0, 0.1) is 12.7 Å². The summed E-state index contributed by atoms with van der Waals surface area (Å²) in [5.74, 6) is -0.640. The molecule has 44 heavy (non-hydrogen) atoms. The number of amides is 2. The number of halogens is 1. The summed E-state index contributed by atoms with van der Waals surface area (Å²) in [6, 6.07) is 15.8. The van der Waals surface area contributed by atoms with Gasteiger partial charge in [-0.05, 0) is 68.1 Å². The number of hydrogen-bond donors (Lipinski definition) is 1. The van der Waals surface area contributed by atoms with Crippen LogP contribution in [0.15, 0.2) is 71.6 Å². The zero-order valence-corrected chi connectivity index (χ0v) is 26.4. The molecule has 1 saturated carbocycles. The molecule has 0 radical (unpaired) electrons.